The van der Waals surface area contributed by atoms with Crippen LogP contribution in [0.2, 0.25) is 0 Å². The van der Waals surface area contributed by atoms with Gasteiger partial charge in [0.15, 0.2) is 5.16 Å². The molecule has 7 heteroatoms. The Labute approximate surface area is 160 Å². The molecule has 136 valence electrons. The van der Waals surface area contributed by atoms with E-state index in [2.05, 4.69) is 29.1 Å². The van der Waals surface area contributed by atoms with E-state index in [0.29, 0.717) is 22.6 Å². The van der Waals surface area contributed by atoms with Crippen molar-refractivity contribution in [3.05, 3.63) is 77.1 Å². The number of rotatable bonds is 6. The molecule has 0 bridgehead atoms. The van der Waals surface area contributed by atoms with Crippen molar-refractivity contribution in [3.63, 3.8) is 0 Å². The highest BCUT2D eigenvalue weighted by Crippen LogP contribution is 2.22. The lowest BCUT2D eigenvalue weighted by molar-refractivity contribution is 0.663. The molecular formula is C20H19N5OS. The first-order valence-electron chi connectivity index (χ1n) is 8.82. The third-order valence-corrected chi connectivity index (χ3v) is 5.28. The summed E-state index contributed by atoms with van der Waals surface area (Å²) in [5.41, 5.74) is 2.74. The molecule has 0 saturated carbocycles. The number of para-hydroxylation sites is 1. The Morgan fingerprint density at radius 1 is 1.07 bits per heavy atom. The summed E-state index contributed by atoms with van der Waals surface area (Å²) in [6.45, 7) is 2.81. The van der Waals surface area contributed by atoms with Crippen molar-refractivity contribution in [3.8, 4) is 5.69 Å². The molecule has 0 N–H and O–H groups in total. The van der Waals surface area contributed by atoms with Crippen LogP contribution in [0.4, 0.5) is 0 Å². The third-order valence-electron chi connectivity index (χ3n) is 4.37. The highest BCUT2D eigenvalue weighted by atomic mass is 32.2. The number of benzene rings is 2. The largest absolute Gasteiger partial charge is 0.268 e. The molecule has 6 nitrogen and oxygen atoms in total. The van der Waals surface area contributed by atoms with Crippen molar-refractivity contribution >= 4 is 22.7 Å². The number of fused-ring (bicyclic) bond motifs is 1. The molecule has 0 aliphatic rings. The number of aromatic nitrogens is 5. The summed E-state index contributed by atoms with van der Waals surface area (Å²) in [6.07, 6.45) is 4.17. The fourth-order valence-electron chi connectivity index (χ4n) is 2.90. The first-order valence-corrected chi connectivity index (χ1v) is 9.81. The van der Waals surface area contributed by atoms with Crippen LogP contribution in [0, 0.1) is 0 Å². The van der Waals surface area contributed by atoms with Crippen LogP contribution in [0.1, 0.15) is 12.5 Å². The highest BCUT2D eigenvalue weighted by Gasteiger charge is 2.13. The van der Waals surface area contributed by atoms with Crippen LogP contribution in [-0.4, -0.2) is 30.1 Å². The maximum absolute atomic E-state index is 13.2. The summed E-state index contributed by atoms with van der Waals surface area (Å²) in [4.78, 5) is 21.9. The smallest absolute Gasteiger partial charge is 0.266 e. The van der Waals surface area contributed by atoms with Crippen LogP contribution in [0.5, 0.6) is 0 Å². The average molecular weight is 377 g/mol. The Kier molecular flexibility index (Phi) is 5.02. The van der Waals surface area contributed by atoms with Gasteiger partial charge >= 0.3 is 0 Å². The van der Waals surface area contributed by atoms with Crippen LogP contribution < -0.4 is 5.56 Å². The first kappa shape index (κ1) is 17.5. The first-order chi connectivity index (χ1) is 13.3. The number of aryl methyl sites for hydroxylation is 2. The van der Waals surface area contributed by atoms with E-state index in [-0.39, 0.29) is 5.56 Å². The summed E-state index contributed by atoms with van der Waals surface area (Å²) < 4.78 is 3.47. The fourth-order valence-corrected chi connectivity index (χ4v) is 3.84. The predicted molar refractivity (Wildman–Crippen MR) is 107 cm³/mol. The van der Waals surface area contributed by atoms with Crippen molar-refractivity contribution in [1.29, 1.82) is 0 Å². The van der Waals surface area contributed by atoms with Crippen molar-refractivity contribution < 1.29 is 0 Å². The highest BCUT2D eigenvalue weighted by molar-refractivity contribution is 7.99. The summed E-state index contributed by atoms with van der Waals surface area (Å²) in [7, 11) is 0. The zero-order valence-corrected chi connectivity index (χ0v) is 15.8. The van der Waals surface area contributed by atoms with E-state index in [1.54, 1.807) is 27.3 Å². The molecule has 0 fully saturated rings. The number of hydrogen-bond donors (Lipinski definition) is 0. The molecule has 0 unspecified atom stereocenters. The third kappa shape index (κ3) is 3.64. The predicted octanol–water partition coefficient (Wildman–Crippen LogP) is 3.33. The van der Waals surface area contributed by atoms with Gasteiger partial charge in [-0.2, -0.15) is 5.10 Å². The minimum atomic E-state index is -0.0481. The monoisotopic (exact) mass is 377 g/mol. The summed E-state index contributed by atoms with van der Waals surface area (Å²) in [5.74, 6) is 0.737. The zero-order valence-electron chi connectivity index (χ0n) is 14.9. The van der Waals surface area contributed by atoms with E-state index in [1.165, 1.54) is 11.9 Å². The molecule has 0 aliphatic carbocycles. The molecule has 0 atom stereocenters. The number of hydrogen-bond acceptors (Lipinski definition) is 5. The molecule has 2 aromatic heterocycles. The normalized spacial score (nSPS) is 11.1. The molecule has 0 spiro atoms. The Balaban J connectivity index is 1.75. The van der Waals surface area contributed by atoms with E-state index in [4.69, 9.17) is 4.98 Å². The second-order valence-corrected chi connectivity index (χ2v) is 7.14. The Morgan fingerprint density at radius 2 is 1.89 bits per heavy atom. The van der Waals surface area contributed by atoms with Gasteiger partial charge in [0, 0.05) is 5.75 Å². The van der Waals surface area contributed by atoms with Gasteiger partial charge in [0.25, 0.3) is 5.56 Å². The summed E-state index contributed by atoms with van der Waals surface area (Å²) in [5, 5.41) is 5.42. The van der Waals surface area contributed by atoms with Crippen LogP contribution >= 0.6 is 11.8 Å². The molecule has 0 saturated heterocycles. The number of thioether (sulfide) groups is 1. The van der Waals surface area contributed by atoms with E-state index in [1.807, 2.05) is 36.4 Å². The van der Waals surface area contributed by atoms with Gasteiger partial charge in [-0.3, -0.25) is 14.0 Å². The van der Waals surface area contributed by atoms with Crippen molar-refractivity contribution in [2.24, 2.45) is 0 Å². The standard InChI is InChI=1S/C20H19N5OS/c1-2-15-7-9-16(10-8-15)25-19(26)17-5-3-4-6-18(17)23-20(25)27-12-11-24-14-21-13-22-24/h3-10,13-14H,2,11-12H2,1H3. The molecule has 2 heterocycles. The van der Waals surface area contributed by atoms with Crippen molar-refractivity contribution in [2.45, 2.75) is 25.0 Å². The SMILES string of the molecule is CCc1ccc(-n2c(SCCn3cncn3)nc3ccccc3c2=O)cc1. The molecule has 4 aromatic rings. The lowest BCUT2D eigenvalue weighted by Gasteiger charge is -2.13. The topological polar surface area (TPSA) is 65.6 Å². The Bertz CT molecular complexity index is 1100. The van der Waals surface area contributed by atoms with E-state index >= 15 is 0 Å². The van der Waals surface area contributed by atoms with Gasteiger partial charge < -0.3 is 0 Å². The van der Waals surface area contributed by atoms with Gasteiger partial charge in [-0.05, 0) is 36.2 Å². The van der Waals surface area contributed by atoms with E-state index in [9.17, 15) is 4.79 Å². The van der Waals surface area contributed by atoms with Gasteiger partial charge in [0.1, 0.15) is 12.7 Å². The quantitative estimate of drug-likeness (QED) is 0.381. The molecule has 2 aromatic carbocycles. The second-order valence-electron chi connectivity index (χ2n) is 6.08. The van der Waals surface area contributed by atoms with Gasteiger partial charge in [0.05, 0.1) is 23.1 Å². The van der Waals surface area contributed by atoms with Crippen LogP contribution in [0.15, 0.2) is 71.1 Å². The zero-order chi connectivity index (χ0) is 18.6. The van der Waals surface area contributed by atoms with Crippen LogP contribution in [0.3, 0.4) is 0 Å². The van der Waals surface area contributed by atoms with Crippen molar-refractivity contribution in [1.82, 2.24) is 24.3 Å². The fraction of sp³-hybridized carbons (Fsp3) is 0.200. The van der Waals surface area contributed by atoms with Crippen molar-refractivity contribution in [2.75, 3.05) is 5.75 Å². The van der Waals surface area contributed by atoms with E-state index < -0.39 is 0 Å². The lowest BCUT2D eigenvalue weighted by Crippen LogP contribution is -2.22. The maximum Gasteiger partial charge on any atom is 0.266 e. The summed E-state index contributed by atoms with van der Waals surface area (Å²) >= 11 is 1.54. The molecular weight excluding hydrogens is 358 g/mol. The maximum atomic E-state index is 13.2. The van der Waals surface area contributed by atoms with Gasteiger partial charge in [0.2, 0.25) is 0 Å². The minimum Gasteiger partial charge on any atom is -0.268 e. The average Bonchev–Trinajstić information content (AvgIpc) is 3.22. The molecule has 0 amide bonds. The van der Waals surface area contributed by atoms with Gasteiger partial charge in [-0.25, -0.2) is 9.97 Å². The molecule has 0 radical (unpaired) electrons. The van der Waals surface area contributed by atoms with E-state index in [0.717, 1.165) is 17.9 Å². The Morgan fingerprint density at radius 3 is 2.63 bits per heavy atom. The Hall–Kier alpha value is -2.93. The van der Waals surface area contributed by atoms with Crippen LogP contribution in [0.25, 0.3) is 16.6 Å². The molecule has 27 heavy (non-hydrogen) atoms. The van der Waals surface area contributed by atoms with Gasteiger partial charge in [-0.15, -0.1) is 0 Å². The lowest BCUT2D eigenvalue weighted by atomic mass is 10.1. The minimum absolute atomic E-state index is 0.0481. The molecule has 0 aliphatic heterocycles. The number of nitrogens with zero attached hydrogens (tertiary/aromatic N) is 5. The van der Waals surface area contributed by atoms with Gasteiger partial charge in [-0.1, -0.05) is 43.0 Å². The van der Waals surface area contributed by atoms with Crippen LogP contribution in [-0.2, 0) is 13.0 Å². The summed E-state index contributed by atoms with van der Waals surface area (Å²) in [6, 6.07) is 15.6. The molecule has 4 rings (SSSR count). The second kappa shape index (κ2) is 7.75.